The van der Waals surface area contributed by atoms with Gasteiger partial charge in [-0.25, -0.2) is 9.78 Å². The SMILES string of the molecule is COc1ccc(Cl)cc1CS(=O)c1ccc(-c2nc3cc(C(=O)O)ccc3n2C2CCCCC2)cc1.Cl. The van der Waals surface area contributed by atoms with Gasteiger partial charge >= 0.3 is 5.97 Å². The van der Waals surface area contributed by atoms with Gasteiger partial charge in [-0.1, -0.05) is 43.0 Å². The third-order valence-corrected chi connectivity index (χ3v) is 8.39. The fourth-order valence-corrected chi connectivity index (χ4v) is 6.29. The Morgan fingerprint density at radius 1 is 1.08 bits per heavy atom. The first-order chi connectivity index (χ1) is 17.4. The first-order valence-electron chi connectivity index (χ1n) is 12.0. The van der Waals surface area contributed by atoms with Crippen LogP contribution in [-0.4, -0.2) is 31.9 Å². The number of hydrogen-bond acceptors (Lipinski definition) is 4. The highest BCUT2D eigenvalue weighted by Crippen LogP contribution is 2.36. The largest absolute Gasteiger partial charge is 0.496 e. The van der Waals surface area contributed by atoms with Crippen LogP contribution < -0.4 is 4.74 Å². The third kappa shape index (κ3) is 5.69. The van der Waals surface area contributed by atoms with Gasteiger partial charge in [-0.3, -0.25) is 4.21 Å². The zero-order valence-electron chi connectivity index (χ0n) is 20.4. The summed E-state index contributed by atoms with van der Waals surface area (Å²) < 4.78 is 20.8. The fourth-order valence-electron chi connectivity index (χ4n) is 4.98. The average Bonchev–Trinajstić information content (AvgIpc) is 3.28. The normalized spacial score (nSPS) is 14.8. The van der Waals surface area contributed by atoms with Gasteiger partial charge in [-0.15, -0.1) is 12.4 Å². The molecule has 1 aromatic heterocycles. The maximum Gasteiger partial charge on any atom is 0.335 e. The van der Waals surface area contributed by atoms with Gasteiger partial charge in [0.25, 0.3) is 0 Å². The molecule has 0 aliphatic heterocycles. The predicted octanol–water partition coefficient (Wildman–Crippen LogP) is 7.30. The van der Waals surface area contributed by atoms with Gasteiger partial charge < -0.3 is 14.4 Å². The van der Waals surface area contributed by atoms with E-state index >= 15 is 0 Å². The van der Waals surface area contributed by atoms with Crippen molar-refractivity contribution in [2.45, 2.75) is 48.8 Å². The molecule has 0 spiro atoms. The summed E-state index contributed by atoms with van der Waals surface area (Å²) in [5.41, 5.74) is 3.55. The molecule has 0 saturated heterocycles. The van der Waals surface area contributed by atoms with Gasteiger partial charge in [0.15, 0.2) is 0 Å². The van der Waals surface area contributed by atoms with Crippen molar-refractivity contribution in [3.63, 3.8) is 0 Å². The van der Waals surface area contributed by atoms with Gasteiger partial charge in [0.2, 0.25) is 0 Å². The van der Waals surface area contributed by atoms with E-state index in [-0.39, 0.29) is 18.0 Å². The Balaban J connectivity index is 0.00000320. The van der Waals surface area contributed by atoms with E-state index in [0.29, 0.717) is 33.0 Å². The Kier molecular flexibility index (Phi) is 8.57. The number of fused-ring (bicyclic) bond motifs is 1. The molecule has 1 saturated carbocycles. The monoisotopic (exact) mass is 558 g/mol. The molecule has 1 heterocycles. The predicted molar refractivity (Wildman–Crippen MR) is 150 cm³/mol. The molecule has 4 aromatic rings. The molecule has 0 bridgehead atoms. The summed E-state index contributed by atoms with van der Waals surface area (Å²) >= 11 is 6.13. The van der Waals surface area contributed by atoms with Gasteiger partial charge in [0.05, 0.1) is 40.3 Å². The summed E-state index contributed by atoms with van der Waals surface area (Å²) in [4.78, 5) is 17.1. The number of aromatic nitrogens is 2. The van der Waals surface area contributed by atoms with Crippen molar-refractivity contribution in [3.05, 3.63) is 76.8 Å². The second kappa shape index (κ2) is 11.7. The number of halogens is 2. The number of aromatic carboxylic acids is 1. The first kappa shape index (κ1) is 27.2. The van der Waals surface area contributed by atoms with Crippen molar-refractivity contribution in [3.8, 4) is 17.1 Å². The van der Waals surface area contributed by atoms with Gasteiger partial charge in [-0.2, -0.15) is 0 Å². The number of benzene rings is 3. The summed E-state index contributed by atoms with van der Waals surface area (Å²) in [6.07, 6.45) is 5.72. The van der Waals surface area contributed by atoms with Crippen molar-refractivity contribution in [1.82, 2.24) is 9.55 Å². The lowest BCUT2D eigenvalue weighted by atomic mass is 9.95. The van der Waals surface area contributed by atoms with Crippen LogP contribution in [0.1, 0.15) is 54.1 Å². The number of carbonyl (C=O) groups is 1. The van der Waals surface area contributed by atoms with E-state index in [0.717, 1.165) is 35.3 Å². The van der Waals surface area contributed by atoms with Crippen LogP contribution in [0.5, 0.6) is 5.75 Å². The molecule has 1 unspecified atom stereocenters. The number of carboxylic acids is 1. The molecule has 1 N–H and O–H groups in total. The number of ether oxygens (including phenoxy) is 1. The molecule has 0 radical (unpaired) electrons. The molecule has 6 nitrogen and oxygen atoms in total. The number of carboxylic acid groups (broad SMARTS) is 1. The van der Waals surface area contributed by atoms with E-state index in [1.807, 2.05) is 30.3 Å². The molecule has 1 aliphatic rings. The number of nitrogens with zero attached hydrogens (tertiary/aromatic N) is 2. The minimum absolute atomic E-state index is 0. The second-order valence-corrected chi connectivity index (χ2v) is 11.0. The van der Waals surface area contributed by atoms with Crippen molar-refractivity contribution in [2.75, 3.05) is 7.11 Å². The highest BCUT2D eigenvalue weighted by Gasteiger charge is 2.23. The highest BCUT2D eigenvalue weighted by molar-refractivity contribution is 7.84. The van der Waals surface area contributed by atoms with E-state index in [2.05, 4.69) is 4.57 Å². The van der Waals surface area contributed by atoms with Gasteiger partial charge in [0, 0.05) is 27.1 Å². The molecule has 9 heteroatoms. The molecule has 1 atom stereocenters. The van der Waals surface area contributed by atoms with Crippen LogP contribution in [-0.2, 0) is 16.6 Å². The Morgan fingerprint density at radius 3 is 2.49 bits per heavy atom. The lowest BCUT2D eigenvalue weighted by molar-refractivity contribution is 0.0697. The summed E-state index contributed by atoms with van der Waals surface area (Å²) in [6, 6.07) is 18.4. The van der Waals surface area contributed by atoms with Gasteiger partial charge in [0.1, 0.15) is 11.6 Å². The lowest BCUT2D eigenvalue weighted by Gasteiger charge is -2.25. The van der Waals surface area contributed by atoms with Crippen molar-refractivity contribution in [1.29, 1.82) is 0 Å². The maximum atomic E-state index is 13.1. The van der Waals surface area contributed by atoms with Crippen LogP contribution in [0, 0.1) is 0 Å². The van der Waals surface area contributed by atoms with Crippen molar-refractivity contribution >= 4 is 51.8 Å². The fraction of sp³-hybridized carbons (Fsp3) is 0.286. The summed E-state index contributed by atoms with van der Waals surface area (Å²) in [6.45, 7) is 0. The molecular weight excluding hydrogens is 531 g/mol. The van der Waals surface area contributed by atoms with E-state index in [4.69, 9.17) is 21.3 Å². The quantitative estimate of drug-likeness (QED) is 0.257. The summed E-state index contributed by atoms with van der Waals surface area (Å²) in [5.74, 6) is 0.801. The Hall–Kier alpha value is -2.87. The number of methoxy groups -OCH3 is 1. The summed E-state index contributed by atoms with van der Waals surface area (Å²) in [5, 5.41) is 10.0. The van der Waals surface area contributed by atoms with E-state index < -0.39 is 16.8 Å². The Labute approximate surface area is 229 Å². The lowest BCUT2D eigenvalue weighted by Crippen LogP contribution is -2.14. The summed E-state index contributed by atoms with van der Waals surface area (Å²) in [7, 11) is 0.303. The number of hydrogen-bond donors (Lipinski definition) is 1. The van der Waals surface area contributed by atoms with E-state index in [1.54, 1.807) is 37.4 Å². The Bertz CT molecular complexity index is 1450. The van der Waals surface area contributed by atoms with Gasteiger partial charge in [-0.05, 0) is 61.4 Å². The van der Waals surface area contributed by atoms with Crippen LogP contribution in [0.15, 0.2) is 65.6 Å². The standard InChI is InChI=1S/C28H27ClN2O4S.ClH/c1-35-26-14-10-21(29)15-20(26)17-36(34)23-11-7-18(8-12-23)27-30-24-16-19(28(32)33)9-13-25(24)31(27)22-5-3-2-4-6-22;/h7-16,22H,2-6,17H2,1H3,(H,32,33);1H. The van der Waals surface area contributed by atoms with Crippen LogP contribution >= 0.6 is 24.0 Å². The van der Waals surface area contributed by atoms with Crippen LogP contribution in [0.4, 0.5) is 0 Å². The molecule has 37 heavy (non-hydrogen) atoms. The van der Waals surface area contributed by atoms with Crippen molar-refractivity contribution < 1.29 is 18.8 Å². The topological polar surface area (TPSA) is 81.4 Å². The van der Waals surface area contributed by atoms with Crippen LogP contribution in [0.3, 0.4) is 0 Å². The smallest absolute Gasteiger partial charge is 0.335 e. The maximum absolute atomic E-state index is 13.1. The molecule has 5 rings (SSSR count). The zero-order chi connectivity index (χ0) is 25.2. The number of imidazole rings is 1. The first-order valence-corrected chi connectivity index (χ1v) is 13.7. The van der Waals surface area contributed by atoms with E-state index in [1.165, 1.54) is 19.3 Å². The minimum atomic E-state index is -1.28. The Morgan fingerprint density at radius 2 is 1.81 bits per heavy atom. The molecule has 0 amide bonds. The average molecular weight is 560 g/mol. The molecular formula is C28H28Cl2N2O4S. The van der Waals surface area contributed by atoms with Crippen LogP contribution in [0.25, 0.3) is 22.4 Å². The molecule has 194 valence electrons. The molecule has 1 aliphatic carbocycles. The van der Waals surface area contributed by atoms with E-state index in [9.17, 15) is 14.1 Å². The molecule has 1 fully saturated rings. The molecule has 3 aromatic carbocycles. The van der Waals surface area contributed by atoms with Crippen molar-refractivity contribution in [2.24, 2.45) is 0 Å². The minimum Gasteiger partial charge on any atom is -0.496 e. The van der Waals surface area contributed by atoms with Crippen LogP contribution in [0.2, 0.25) is 5.02 Å². The number of rotatable bonds is 7. The zero-order valence-corrected chi connectivity index (χ0v) is 22.7. The third-order valence-electron chi connectivity index (χ3n) is 6.78. The highest BCUT2D eigenvalue weighted by atomic mass is 35.5. The second-order valence-electron chi connectivity index (χ2n) is 9.08.